The molecule has 0 aliphatic carbocycles. The zero-order valence-electron chi connectivity index (χ0n) is 23.9. The third-order valence-electron chi connectivity index (χ3n) is 4.85. The second kappa shape index (κ2) is 16.9. The van der Waals surface area contributed by atoms with E-state index in [-0.39, 0.29) is 5.75 Å². The van der Waals surface area contributed by atoms with Crippen LogP contribution in [0.25, 0.3) is 0 Å². The zero-order chi connectivity index (χ0) is 42.5. The Balaban J connectivity index is 0. The van der Waals surface area contributed by atoms with E-state index in [4.69, 9.17) is 9.66 Å². The Morgan fingerprint density at radius 2 is 0.981 bits per heavy atom. The lowest BCUT2D eigenvalue weighted by Gasteiger charge is -2.34. The van der Waals surface area contributed by atoms with Crippen LogP contribution in [0.5, 0.6) is 0 Å². The van der Waals surface area contributed by atoms with E-state index in [0.717, 1.165) is 0 Å². The topological polar surface area (TPSA) is 146 Å². The lowest BCUT2D eigenvalue weighted by Crippen LogP contribution is -2.60. The molecule has 1 saturated heterocycles. The lowest BCUT2D eigenvalue weighted by atomic mass is 10.2. The van der Waals surface area contributed by atoms with E-state index < -0.39 is 113 Å². The van der Waals surface area contributed by atoms with E-state index in [1.54, 1.807) is 0 Å². The third-order valence-corrected chi connectivity index (χ3v) is 6.97. The first kappa shape index (κ1) is 52.2. The van der Waals surface area contributed by atoms with Crippen molar-refractivity contribution in [2.24, 2.45) is 0 Å². The van der Waals surface area contributed by atoms with Gasteiger partial charge >= 0.3 is 60.5 Å². The van der Waals surface area contributed by atoms with Crippen LogP contribution in [0.15, 0.2) is 0 Å². The monoisotopic (exact) mass is 876 g/mol. The Kier molecular flexibility index (Phi) is 16.9. The van der Waals surface area contributed by atoms with Crippen LogP contribution in [0.4, 0.5) is 96.6 Å². The van der Waals surface area contributed by atoms with Crippen molar-refractivity contribution in [3.05, 3.63) is 0 Å². The number of aliphatic hydroxyl groups excluding tert-OH is 1. The van der Waals surface area contributed by atoms with E-state index in [1.165, 1.54) is 0 Å². The lowest BCUT2D eigenvalue weighted by molar-refractivity contribution is -0.486. The summed E-state index contributed by atoms with van der Waals surface area (Å²) in [5.74, 6) is -26.8. The normalized spacial score (nSPS) is 19.1. The van der Waals surface area contributed by atoms with E-state index in [2.05, 4.69) is 13.7 Å². The van der Waals surface area contributed by atoms with E-state index in [1.807, 2.05) is 4.74 Å². The van der Waals surface area contributed by atoms with Gasteiger partial charge in [0.05, 0.1) is 18.1 Å². The summed E-state index contributed by atoms with van der Waals surface area (Å²) in [4.78, 5) is 0. The summed E-state index contributed by atoms with van der Waals surface area (Å²) in [5.41, 5.74) is 0. The predicted molar refractivity (Wildman–Crippen MR) is 117 cm³/mol. The largest absolute Gasteiger partial charge is 0.462 e. The van der Waals surface area contributed by atoms with E-state index in [0.29, 0.717) is 13.0 Å². The highest BCUT2D eigenvalue weighted by Crippen LogP contribution is 2.52. The molecule has 2 atom stereocenters. The molecule has 0 aromatic rings. The van der Waals surface area contributed by atoms with Crippen LogP contribution in [-0.4, -0.2) is 125 Å². The Morgan fingerprint density at radius 3 is 1.21 bits per heavy atom. The molecule has 1 fully saturated rings. The van der Waals surface area contributed by atoms with Crippen LogP contribution in [-0.2, 0) is 38.6 Å². The summed E-state index contributed by atoms with van der Waals surface area (Å²) >= 11 is 0. The fraction of sp³-hybridized carbons (Fsp3) is 1.00. The van der Waals surface area contributed by atoms with Crippen molar-refractivity contribution in [3.63, 3.8) is 0 Å². The van der Waals surface area contributed by atoms with Gasteiger partial charge in [-0.1, -0.05) is 0 Å². The van der Waals surface area contributed by atoms with Gasteiger partial charge in [0.25, 0.3) is 20.2 Å². The molecule has 10 nitrogen and oxygen atoms in total. The van der Waals surface area contributed by atoms with Gasteiger partial charge in [0.2, 0.25) is 0 Å². The summed E-state index contributed by atoms with van der Waals surface area (Å²) in [7, 11) is -7.65. The fourth-order valence-corrected chi connectivity index (χ4v) is 3.68. The first-order valence-corrected chi connectivity index (χ1v) is 15.1. The van der Waals surface area contributed by atoms with E-state index in [9.17, 15) is 113 Å². The molecule has 0 amide bonds. The van der Waals surface area contributed by atoms with Gasteiger partial charge in [-0.05, 0) is 12.8 Å². The average molecular weight is 876 g/mol. The summed E-state index contributed by atoms with van der Waals surface area (Å²) in [6, 6.07) is 0. The van der Waals surface area contributed by atoms with Crippen LogP contribution >= 0.6 is 0 Å². The van der Waals surface area contributed by atoms with Crippen LogP contribution in [0.3, 0.4) is 0 Å². The Hall–Kier alpha value is -1.88. The van der Waals surface area contributed by atoms with Gasteiger partial charge in [-0.25, -0.2) is 0 Å². The second-order valence-corrected chi connectivity index (χ2v) is 12.5. The van der Waals surface area contributed by atoms with Gasteiger partial charge in [-0.2, -0.15) is 113 Å². The number of halogens is 22. The zero-order valence-corrected chi connectivity index (χ0v) is 25.6. The number of aliphatic hydroxyl groups is 1. The van der Waals surface area contributed by atoms with Gasteiger partial charge in [0.1, 0.15) is 13.2 Å². The molecule has 1 heterocycles. The minimum absolute atomic E-state index is 0.201. The van der Waals surface area contributed by atoms with Crippen molar-refractivity contribution in [2.45, 2.75) is 73.3 Å². The Labute approximate surface area is 273 Å². The summed E-state index contributed by atoms with van der Waals surface area (Å²) in [6.07, 6.45) is -41.1. The number of rotatable bonds is 13. The molecule has 0 spiro atoms. The Morgan fingerprint density at radius 1 is 0.615 bits per heavy atom. The van der Waals surface area contributed by atoms with Crippen molar-refractivity contribution in [1.29, 1.82) is 0 Å². The summed E-state index contributed by atoms with van der Waals surface area (Å²) < 4.78 is 330. The van der Waals surface area contributed by atoms with Crippen LogP contribution < -0.4 is 0 Å². The molecule has 0 aromatic carbocycles. The molecule has 2 unspecified atom stereocenters. The second-order valence-electron chi connectivity index (χ2n) is 9.12. The summed E-state index contributed by atoms with van der Waals surface area (Å²) in [6.45, 7) is -6.32. The minimum atomic E-state index is -7.17. The van der Waals surface area contributed by atoms with Crippen LogP contribution in [0, 0.1) is 0 Å². The first-order valence-electron chi connectivity index (χ1n) is 12.0. The molecular formula is C18H18F22O10S2. The maximum absolute atomic E-state index is 13.6. The van der Waals surface area contributed by atoms with E-state index >= 15 is 0 Å². The molecule has 0 aromatic heterocycles. The number of hydrogen-bond donors (Lipinski definition) is 2. The molecule has 1 aliphatic heterocycles. The fourth-order valence-electron chi connectivity index (χ4n) is 2.24. The maximum atomic E-state index is 13.6. The molecule has 34 heteroatoms. The van der Waals surface area contributed by atoms with Crippen molar-refractivity contribution in [3.8, 4) is 0 Å². The molecule has 0 radical (unpaired) electrons. The predicted octanol–water partition coefficient (Wildman–Crippen LogP) is 6.07. The number of alkyl halides is 22. The molecule has 0 saturated carbocycles. The highest BCUT2D eigenvalue weighted by atomic mass is 32.2. The quantitative estimate of drug-likeness (QED) is 0.0969. The van der Waals surface area contributed by atoms with Crippen LogP contribution in [0.2, 0.25) is 0 Å². The smallest absolute Gasteiger partial charge is 0.390 e. The SMILES string of the molecule is O=S(=O)(O)CCCOCC(F)(OC(F)(F)C(F)(F)C(F)(F)F)C(F)(F)F.O=S1(=O)CCCO1.OCC(F)(OC(F)(F)C(F)(F)C(F)(F)F)C(F)(F)F. The molecule has 2 N–H and O–H groups in total. The highest BCUT2D eigenvalue weighted by Gasteiger charge is 2.79. The molecule has 1 aliphatic rings. The third kappa shape index (κ3) is 14.4. The van der Waals surface area contributed by atoms with Gasteiger partial charge in [-0.3, -0.25) is 18.2 Å². The van der Waals surface area contributed by atoms with Gasteiger partial charge in [0, 0.05) is 6.61 Å². The van der Waals surface area contributed by atoms with Gasteiger partial charge < -0.3 is 9.84 Å². The Bertz CT molecular complexity index is 1330. The van der Waals surface area contributed by atoms with Gasteiger partial charge in [0.15, 0.2) is 0 Å². The molecular weight excluding hydrogens is 858 g/mol. The maximum Gasteiger partial charge on any atom is 0.462 e. The standard InChI is InChI=1S/C9H9F11O5S.C6H3F11O2.C3H6O3S/c10-5(7(13,14)15,4-24-2-1-3-26(21,22)23)25-9(19,20)6(11,12)8(16,17)18;7-2(1-18,4(10,11)12)19-6(16,17)3(8,9)5(13,14)15;4-7(5)3-1-2-6-7/h1-4H2,(H,21,22,23);18H,1H2;1-3H2. The van der Waals surface area contributed by atoms with Crippen molar-refractivity contribution in [2.75, 3.05) is 37.9 Å². The average Bonchev–Trinajstić information content (AvgIpc) is 3.28. The molecule has 1 rings (SSSR count). The minimum Gasteiger partial charge on any atom is -0.390 e. The molecule has 52 heavy (non-hydrogen) atoms. The van der Waals surface area contributed by atoms with Crippen molar-refractivity contribution < 1.29 is 141 Å². The van der Waals surface area contributed by atoms with Crippen LogP contribution in [0.1, 0.15) is 12.8 Å². The number of ether oxygens (including phenoxy) is 3. The molecule has 316 valence electrons. The molecule has 0 bridgehead atoms. The highest BCUT2D eigenvalue weighted by molar-refractivity contribution is 7.86. The number of hydrogen-bond acceptors (Lipinski definition) is 9. The summed E-state index contributed by atoms with van der Waals surface area (Å²) in [5, 5.41) is 7.87. The van der Waals surface area contributed by atoms with Gasteiger partial charge in [-0.15, -0.1) is 0 Å². The van der Waals surface area contributed by atoms with Crippen molar-refractivity contribution >= 4 is 20.2 Å². The van der Waals surface area contributed by atoms with Crippen molar-refractivity contribution in [1.82, 2.24) is 0 Å². The first-order chi connectivity index (χ1) is 22.4.